The standard InChI is InChI=1S/C22H27N3O2.2C19H25N3O2.C18H21FN4O3/c1-5-7-16-12-24-22(25-9-8-15(6-2)14(3)13-25)18-11-20(27-4)19(21(23)26)10-17(16)18;1-4-13-6-8-22(11-12(13)2)19-15-10-17(24-3)16(18(20)23)9-14(15)5-7-21-19;1-4-13-7-12(2)10-22(11-13)19-15-9-17(24-3)16(18(20)23)8-14(15)5-6-21-19;1-3-10-13(23-18(25)15(10)19)8-22-17-11-7-14(26-2)12(16(20)24)6-9(11)4-5-21-17/h10-12,14-15H,6,8-9,13H2,1-4H3,(H2,23,26);5,7,9-10,12-13H,4,6,8,11H2,1-3H3,(H2,20,23);5-6,8-9,12-13H,4,7,10-11H2,1-3H3,(H2,20,23);4-7,10,13,15H,3,8H2,1-2H3,(H2,20,24)(H,21,22)(H,23,25)/t14-,15-;2*12-,13-;10-,13?,15-/m1100/s1. The highest BCUT2D eigenvalue weighted by molar-refractivity contribution is 6.07. The molecule has 4 aromatic heterocycles. The van der Waals surface area contributed by atoms with Gasteiger partial charge in [0.2, 0.25) is 0 Å². The summed E-state index contributed by atoms with van der Waals surface area (Å²) in [6.45, 7) is 23.7. The lowest BCUT2D eigenvalue weighted by Crippen LogP contribution is -2.40. The predicted molar refractivity (Wildman–Crippen MR) is 398 cm³/mol. The second-order valence-electron chi connectivity index (χ2n) is 26.9. The molecule has 9 atom stereocenters. The van der Waals surface area contributed by atoms with Gasteiger partial charge in [-0.05, 0) is 151 Å². The Kier molecular flexibility index (Phi) is 25.0. The van der Waals surface area contributed by atoms with Gasteiger partial charge in [0.05, 0.1) is 62.3 Å². The van der Waals surface area contributed by atoms with Crippen LogP contribution in [0, 0.1) is 53.3 Å². The zero-order chi connectivity index (χ0) is 72.9. The van der Waals surface area contributed by atoms with Crippen molar-refractivity contribution in [2.75, 3.05) is 94.3 Å². The molecule has 536 valence electrons. The number of halogens is 1. The van der Waals surface area contributed by atoms with Crippen molar-refractivity contribution in [3.05, 3.63) is 119 Å². The van der Waals surface area contributed by atoms with Crippen LogP contribution in [-0.2, 0) is 4.79 Å². The number of rotatable bonds is 18. The van der Waals surface area contributed by atoms with Gasteiger partial charge in [-0.25, -0.2) is 24.3 Å². The van der Waals surface area contributed by atoms with Gasteiger partial charge < -0.3 is 67.2 Å². The van der Waals surface area contributed by atoms with Crippen LogP contribution in [0.15, 0.2) is 91.5 Å². The Bertz CT molecular complexity index is 4410. The van der Waals surface area contributed by atoms with Crippen molar-refractivity contribution in [1.82, 2.24) is 25.3 Å². The zero-order valence-corrected chi connectivity index (χ0v) is 60.2. The summed E-state index contributed by atoms with van der Waals surface area (Å²) in [5.74, 6) is 12.4. The van der Waals surface area contributed by atoms with E-state index < -0.39 is 35.7 Å². The number of anilines is 4. The topological polar surface area (TPSA) is 312 Å². The number of primary amides is 4. The second kappa shape index (κ2) is 33.7. The van der Waals surface area contributed by atoms with E-state index in [1.807, 2.05) is 37.3 Å². The minimum absolute atomic E-state index is 0.284. The van der Waals surface area contributed by atoms with E-state index in [2.05, 4.69) is 93.7 Å². The molecule has 23 heteroatoms. The molecule has 22 nitrogen and oxygen atoms in total. The summed E-state index contributed by atoms with van der Waals surface area (Å²) in [6, 6.07) is 19.6. The van der Waals surface area contributed by atoms with Crippen LogP contribution < -0.4 is 67.2 Å². The number of nitrogens with two attached hydrogens (primary N) is 4. The van der Waals surface area contributed by atoms with Gasteiger partial charge in [0, 0.05) is 103 Å². The van der Waals surface area contributed by atoms with Crippen LogP contribution >= 0.6 is 0 Å². The van der Waals surface area contributed by atoms with Crippen LogP contribution in [0.1, 0.15) is 147 Å². The van der Waals surface area contributed by atoms with E-state index in [9.17, 15) is 28.4 Å². The van der Waals surface area contributed by atoms with Crippen LogP contribution in [0.25, 0.3) is 43.1 Å². The van der Waals surface area contributed by atoms with Crippen molar-refractivity contribution < 1.29 is 47.3 Å². The molecule has 0 bridgehead atoms. The average molecular weight is 1380 g/mol. The van der Waals surface area contributed by atoms with Gasteiger partial charge in [0.15, 0.2) is 6.17 Å². The van der Waals surface area contributed by atoms with E-state index in [1.165, 1.54) is 39.2 Å². The van der Waals surface area contributed by atoms with E-state index in [1.54, 1.807) is 89.4 Å². The Hall–Kier alpha value is -10.2. The molecule has 4 fully saturated rings. The molecule has 4 aromatic carbocycles. The molecular formula is C78H98FN13O9. The molecule has 1 unspecified atom stereocenters. The molecule has 8 heterocycles. The number of methoxy groups -OCH3 is 4. The van der Waals surface area contributed by atoms with Crippen LogP contribution in [0.4, 0.5) is 27.7 Å². The Morgan fingerprint density at radius 2 is 1.01 bits per heavy atom. The van der Waals surface area contributed by atoms with Crippen molar-refractivity contribution in [2.24, 2.45) is 64.4 Å². The monoisotopic (exact) mass is 1380 g/mol. The number of benzene rings is 4. The molecular weight excluding hydrogens is 1280 g/mol. The van der Waals surface area contributed by atoms with Crippen molar-refractivity contribution in [1.29, 1.82) is 0 Å². The summed E-state index contributed by atoms with van der Waals surface area (Å²) >= 11 is 0. The number of alkyl halides is 1. The number of piperidine rings is 3. The molecule has 10 N–H and O–H groups in total. The van der Waals surface area contributed by atoms with Crippen LogP contribution in [0.5, 0.6) is 23.0 Å². The average Bonchev–Trinajstić information content (AvgIpc) is 0.969. The smallest absolute Gasteiger partial charge is 0.255 e. The number of nitrogens with zero attached hydrogens (tertiary/aromatic N) is 7. The highest BCUT2D eigenvalue weighted by Gasteiger charge is 2.41. The highest BCUT2D eigenvalue weighted by atomic mass is 19.1. The maximum atomic E-state index is 13.9. The molecule has 101 heavy (non-hydrogen) atoms. The fourth-order valence-electron chi connectivity index (χ4n) is 15.0. The lowest BCUT2D eigenvalue weighted by Gasteiger charge is -2.37. The Balaban J connectivity index is 0.000000157. The molecule has 4 aliphatic rings. The quantitative estimate of drug-likeness (QED) is 0.0435. The summed E-state index contributed by atoms with van der Waals surface area (Å²) in [5, 5.41) is 13.1. The van der Waals surface area contributed by atoms with Gasteiger partial charge in [-0.1, -0.05) is 73.6 Å². The Morgan fingerprint density at radius 1 is 0.564 bits per heavy atom. The predicted octanol–water partition coefficient (Wildman–Crippen LogP) is 11.6. The first kappa shape index (κ1) is 75.0. The van der Waals surface area contributed by atoms with Crippen molar-refractivity contribution in [2.45, 2.75) is 113 Å². The summed E-state index contributed by atoms with van der Waals surface area (Å²) in [4.78, 5) is 83.7. The normalized spacial score (nSPS) is 20.9. The van der Waals surface area contributed by atoms with Crippen LogP contribution in [0.2, 0.25) is 0 Å². The highest BCUT2D eigenvalue weighted by Crippen LogP contribution is 2.40. The summed E-state index contributed by atoms with van der Waals surface area (Å²) in [5.41, 5.74) is 24.1. The number of fused-ring (bicyclic) bond motifs is 4. The van der Waals surface area contributed by atoms with Gasteiger partial charge in [0.25, 0.3) is 29.5 Å². The molecule has 0 saturated carbocycles. The SMILES string of the molecule is CC#Cc1cnc(N2CC[C@@H](CC)[C@H](C)C2)c2cc(OC)c(C(N)=O)cc12.CC[C@@H]1CCN(c2nccc3cc(C(N)=O)c(OC)cc23)C[C@H]1C.CC[C@H]1C(CNc2nccc3cc(C(N)=O)c(OC)cc23)NC(=O)[C@H]1F.CC[C@H]1C[C@H](C)CN(c2nccc3cc(C(N)=O)c(OC)cc23)C1. The van der Waals surface area contributed by atoms with Gasteiger partial charge in [-0.15, -0.1) is 5.92 Å². The van der Waals surface area contributed by atoms with E-state index in [0.29, 0.717) is 82.1 Å². The Labute approximate surface area is 591 Å². The van der Waals surface area contributed by atoms with Gasteiger partial charge in [0.1, 0.15) is 46.3 Å². The molecule has 0 spiro atoms. The zero-order valence-electron chi connectivity index (χ0n) is 60.2. The van der Waals surface area contributed by atoms with Crippen LogP contribution in [0.3, 0.4) is 0 Å². The number of amides is 5. The number of pyridine rings is 4. The summed E-state index contributed by atoms with van der Waals surface area (Å²) < 4.78 is 35.3. The summed E-state index contributed by atoms with van der Waals surface area (Å²) in [7, 11) is 6.11. The largest absolute Gasteiger partial charge is 0.496 e. The number of hydrogen-bond donors (Lipinski definition) is 6. The first-order valence-electron chi connectivity index (χ1n) is 35.0. The molecule has 4 saturated heterocycles. The van der Waals surface area contributed by atoms with Crippen LogP contribution in [-0.4, -0.2) is 136 Å². The number of carbonyl (C=O) groups excluding carboxylic acids is 5. The first-order valence-corrected chi connectivity index (χ1v) is 35.0. The van der Waals surface area contributed by atoms with Gasteiger partial charge in [-0.3, -0.25) is 24.0 Å². The summed E-state index contributed by atoms with van der Waals surface area (Å²) in [6.07, 6.45) is 13.3. The van der Waals surface area contributed by atoms with Crippen molar-refractivity contribution in [3.63, 3.8) is 0 Å². The third-order valence-corrected chi connectivity index (χ3v) is 20.6. The van der Waals surface area contributed by atoms with Gasteiger partial charge >= 0.3 is 0 Å². The lowest BCUT2D eigenvalue weighted by atomic mass is 9.85. The number of carbonyl (C=O) groups is 5. The first-order chi connectivity index (χ1) is 48.5. The molecule has 12 rings (SSSR count). The minimum atomic E-state index is -1.48. The fourth-order valence-corrected chi connectivity index (χ4v) is 15.0. The molecule has 0 aliphatic carbocycles. The van der Waals surface area contributed by atoms with Gasteiger partial charge in [-0.2, -0.15) is 0 Å². The minimum Gasteiger partial charge on any atom is -0.496 e. The van der Waals surface area contributed by atoms with E-state index in [-0.39, 0.29) is 17.5 Å². The third-order valence-electron chi connectivity index (χ3n) is 20.6. The maximum absolute atomic E-state index is 13.9. The van der Waals surface area contributed by atoms with Crippen molar-refractivity contribution >= 4 is 95.9 Å². The molecule has 5 amide bonds. The number of hydrogen-bond acceptors (Lipinski definition) is 17. The maximum Gasteiger partial charge on any atom is 0.255 e. The molecule has 0 radical (unpaired) electrons. The number of ether oxygens (including phenoxy) is 4. The number of aromatic nitrogens is 4. The van der Waals surface area contributed by atoms with E-state index >= 15 is 0 Å². The van der Waals surface area contributed by atoms with Crippen molar-refractivity contribution in [3.8, 4) is 34.8 Å². The molecule has 8 aromatic rings. The second-order valence-corrected chi connectivity index (χ2v) is 26.9. The van der Waals surface area contributed by atoms with E-state index in [4.69, 9.17) is 46.9 Å². The Morgan fingerprint density at radius 3 is 1.46 bits per heavy atom. The lowest BCUT2D eigenvalue weighted by molar-refractivity contribution is -0.123. The van der Waals surface area contributed by atoms with E-state index in [0.717, 1.165) is 124 Å². The number of nitrogens with one attached hydrogen (secondary N) is 2. The fraction of sp³-hybridized carbons (Fsp3) is 0.449. The third kappa shape index (κ3) is 16.8. The molecule has 4 aliphatic heterocycles.